The van der Waals surface area contributed by atoms with Crippen LogP contribution in [0.5, 0.6) is 0 Å². The quantitative estimate of drug-likeness (QED) is 0.668. The molecule has 0 radical (unpaired) electrons. The normalized spacial score (nSPS) is 13.1. The summed E-state index contributed by atoms with van der Waals surface area (Å²) in [6.07, 6.45) is 4.31. The van der Waals surface area contributed by atoms with Gasteiger partial charge in [-0.2, -0.15) is 5.10 Å². The Kier molecular flexibility index (Phi) is 4.84. The fourth-order valence-corrected chi connectivity index (χ4v) is 2.52. The number of benzene rings is 1. The van der Waals surface area contributed by atoms with Crippen molar-refractivity contribution >= 4 is 10.9 Å². The number of nitrogens with one attached hydrogen (secondary N) is 1. The fraction of sp³-hybridized carbons (Fsp3) is 0.500. The van der Waals surface area contributed by atoms with E-state index in [2.05, 4.69) is 68.5 Å². The molecule has 2 aromatic rings. The predicted molar refractivity (Wildman–Crippen MR) is 90.5 cm³/mol. The number of hydrogen-bond donors (Lipinski definition) is 1. The lowest BCUT2D eigenvalue weighted by molar-refractivity contribution is 0.431. The van der Waals surface area contributed by atoms with Gasteiger partial charge in [-0.25, -0.2) is 0 Å². The fourth-order valence-electron chi connectivity index (χ4n) is 2.52. The van der Waals surface area contributed by atoms with Gasteiger partial charge in [0, 0.05) is 24.4 Å². The number of fused-ring (bicyclic) bond motifs is 1. The Balaban J connectivity index is 2.00. The Hall–Kier alpha value is -1.61. The maximum atomic E-state index is 4.66. The lowest BCUT2D eigenvalue weighted by atomic mass is 10.1. The minimum atomic E-state index is 0.193. The minimum absolute atomic E-state index is 0.193. The molecule has 0 aliphatic heterocycles. The summed E-state index contributed by atoms with van der Waals surface area (Å²) in [7, 11) is 2.01. The summed E-state index contributed by atoms with van der Waals surface area (Å²) in [5, 5.41) is 9.43. The summed E-state index contributed by atoms with van der Waals surface area (Å²) in [5.41, 5.74) is 3.95. The first kappa shape index (κ1) is 15.8. The van der Waals surface area contributed by atoms with Crippen molar-refractivity contribution in [3.8, 4) is 0 Å². The van der Waals surface area contributed by atoms with E-state index in [0.29, 0.717) is 0 Å². The molecule has 1 N–H and O–H groups in total. The van der Waals surface area contributed by atoms with E-state index in [1.807, 2.05) is 11.7 Å². The van der Waals surface area contributed by atoms with Crippen LogP contribution < -0.4 is 5.32 Å². The molecule has 114 valence electrons. The molecule has 0 aliphatic carbocycles. The van der Waals surface area contributed by atoms with Crippen molar-refractivity contribution in [3.63, 3.8) is 0 Å². The largest absolute Gasteiger partial charge is 0.312 e. The van der Waals surface area contributed by atoms with E-state index in [9.17, 15) is 0 Å². The molecular weight excluding hydrogens is 258 g/mol. The molecule has 0 bridgehead atoms. The molecule has 3 nitrogen and oxygen atoms in total. The van der Waals surface area contributed by atoms with E-state index >= 15 is 0 Å². The van der Waals surface area contributed by atoms with Gasteiger partial charge in [-0.05, 0) is 46.7 Å². The lowest BCUT2D eigenvalue weighted by Gasteiger charge is -2.19. The zero-order chi connectivity index (χ0) is 15.5. The summed E-state index contributed by atoms with van der Waals surface area (Å²) in [5.74, 6) is 0. The van der Waals surface area contributed by atoms with Crippen LogP contribution in [-0.4, -0.2) is 21.9 Å². The highest BCUT2D eigenvalue weighted by atomic mass is 15.3. The maximum Gasteiger partial charge on any atom is 0.0743 e. The molecule has 0 saturated carbocycles. The van der Waals surface area contributed by atoms with Crippen LogP contribution in [0.15, 0.2) is 35.9 Å². The first-order chi connectivity index (χ1) is 9.87. The highest BCUT2D eigenvalue weighted by molar-refractivity contribution is 5.82. The molecule has 1 heterocycles. The summed E-state index contributed by atoms with van der Waals surface area (Å²) in [4.78, 5) is 0. The minimum Gasteiger partial charge on any atom is -0.312 e. The molecule has 0 spiro atoms. The topological polar surface area (TPSA) is 29.9 Å². The molecule has 2 rings (SSSR count). The van der Waals surface area contributed by atoms with Crippen molar-refractivity contribution in [2.45, 2.75) is 46.1 Å². The number of para-hydroxylation sites is 1. The van der Waals surface area contributed by atoms with E-state index in [4.69, 9.17) is 0 Å². The molecule has 21 heavy (non-hydrogen) atoms. The molecule has 0 fully saturated rings. The molecule has 1 aromatic heterocycles. The second-order valence-corrected chi connectivity index (χ2v) is 6.78. The van der Waals surface area contributed by atoms with E-state index < -0.39 is 0 Å². The predicted octanol–water partition coefficient (Wildman–Crippen LogP) is 3.84. The van der Waals surface area contributed by atoms with Crippen LogP contribution in [0.1, 0.15) is 39.8 Å². The van der Waals surface area contributed by atoms with Crippen molar-refractivity contribution in [2.24, 2.45) is 7.05 Å². The van der Waals surface area contributed by atoms with Gasteiger partial charge in [0.2, 0.25) is 0 Å². The zero-order valence-corrected chi connectivity index (χ0v) is 13.9. The van der Waals surface area contributed by atoms with Crippen LogP contribution in [0.3, 0.4) is 0 Å². The van der Waals surface area contributed by atoms with Crippen molar-refractivity contribution < 1.29 is 0 Å². The molecule has 0 unspecified atom stereocenters. The molecule has 0 atom stereocenters. The van der Waals surface area contributed by atoms with Crippen molar-refractivity contribution in [3.05, 3.63) is 41.6 Å². The summed E-state index contributed by atoms with van der Waals surface area (Å²) in [6.45, 7) is 9.81. The van der Waals surface area contributed by atoms with Crippen LogP contribution in [0, 0.1) is 0 Å². The van der Waals surface area contributed by atoms with Gasteiger partial charge in [0.15, 0.2) is 0 Å². The van der Waals surface area contributed by atoms with Gasteiger partial charge in [0.1, 0.15) is 0 Å². The highest BCUT2D eigenvalue weighted by Gasteiger charge is 2.09. The SMILES string of the molecule is CC(=CCCNC(C)(C)C)Cc1nn(C)c2ccccc12. The number of allylic oxidation sites excluding steroid dienone is 1. The van der Waals surface area contributed by atoms with Gasteiger partial charge < -0.3 is 5.32 Å². The number of aromatic nitrogens is 2. The Morgan fingerprint density at radius 1 is 1.29 bits per heavy atom. The summed E-state index contributed by atoms with van der Waals surface area (Å²) >= 11 is 0. The second-order valence-electron chi connectivity index (χ2n) is 6.78. The molecule has 0 aliphatic rings. The molecule has 3 heteroatoms. The number of rotatable bonds is 5. The first-order valence-electron chi connectivity index (χ1n) is 7.68. The van der Waals surface area contributed by atoms with Gasteiger partial charge in [-0.15, -0.1) is 0 Å². The molecule has 0 amide bonds. The second kappa shape index (κ2) is 6.44. The molecular formula is C18H27N3. The number of nitrogens with zero attached hydrogens (tertiary/aromatic N) is 2. The Labute approximate surface area is 128 Å². The number of hydrogen-bond acceptors (Lipinski definition) is 2. The Bertz CT molecular complexity index is 629. The third kappa shape index (κ3) is 4.43. The van der Waals surface area contributed by atoms with Gasteiger partial charge >= 0.3 is 0 Å². The Morgan fingerprint density at radius 3 is 2.71 bits per heavy atom. The standard InChI is InChI=1S/C18H27N3/c1-14(9-8-12-19-18(2,3)4)13-16-15-10-6-7-11-17(15)21(5)20-16/h6-7,9-11,19H,8,12-13H2,1-5H3. The third-order valence-corrected chi connectivity index (χ3v) is 3.57. The third-order valence-electron chi connectivity index (χ3n) is 3.57. The van der Waals surface area contributed by atoms with Gasteiger partial charge in [0.05, 0.1) is 11.2 Å². The van der Waals surface area contributed by atoms with E-state index in [0.717, 1.165) is 19.4 Å². The molecule has 0 saturated heterocycles. The first-order valence-corrected chi connectivity index (χ1v) is 7.68. The van der Waals surface area contributed by atoms with Crippen LogP contribution in [0.4, 0.5) is 0 Å². The van der Waals surface area contributed by atoms with Crippen LogP contribution in [-0.2, 0) is 13.5 Å². The van der Waals surface area contributed by atoms with Gasteiger partial charge in [-0.3, -0.25) is 4.68 Å². The highest BCUT2D eigenvalue weighted by Crippen LogP contribution is 2.20. The summed E-state index contributed by atoms with van der Waals surface area (Å²) in [6, 6.07) is 8.43. The maximum absolute atomic E-state index is 4.66. The number of aryl methyl sites for hydroxylation is 1. The van der Waals surface area contributed by atoms with E-state index in [-0.39, 0.29) is 5.54 Å². The molecule has 1 aromatic carbocycles. The van der Waals surface area contributed by atoms with Crippen molar-refractivity contribution in [1.82, 2.24) is 15.1 Å². The van der Waals surface area contributed by atoms with Gasteiger partial charge in [-0.1, -0.05) is 29.8 Å². The zero-order valence-electron chi connectivity index (χ0n) is 13.9. The van der Waals surface area contributed by atoms with E-state index in [1.54, 1.807) is 0 Å². The van der Waals surface area contributed by atoms with E-state index in [1.165, 1.54) is 22.2 Å². The van der Waals surface area contributed by atoms with Gasteiger partial charge in [0.25, 0.3) is 0 Å². The van der Waals surface area contributed by atoms with Crippen molar-refractivity contribution in [2.75, 3.05) is 6.54 Å². The Morgan fingerprint density at radius 2 is 2.00 bits per heavy atom. The van der Waals surface area contributed by atoms with Crippen LogP contribution in [0.25, 0.3) is 10.9 Å². The van der Waals surface area contributed by atoms with Crippen molar-refractivity contribution in [1.29, 1.82) is 0 Å². The van der Waals surface area contributed by atoms with Crippen LogP contribution in [0.2, 0.25) is 0 Å². The average molecular weight is 285 g/mol. The monoisotopic (exact) mass is 285 g/mol. The summed E-state index contributed by atoms with van der Waals surface area (Å²) < 4.78 is 1.97. The lowest BCUT2D eigenvalue weighted by Crippen LogP contribution is -2.36. The average Bonchev–Trinajstić information content (AvgIpc) is 2.71. The van der Waals surface area contributed by atoms with Crippen LogP contribution >= 0.6 is 0 Å². The smallest absolute Gasteiger partial charge is 0.0743 e.